The molecule has 0 saturated heterocycles. The van der Waals surface area contributed by atoms with E-state index in [0.29, 0.717) is 29.1 Å². The van der Waals surface area contributed by atoms with Gasteiger partial charge in [-0.1, -0.05) is 5.16 Å². The minimum absolute atomic E-state index is 0.102. The third-order valence-corrected chi connectivity index (χ3v) is 7.96. The van der Waals surface area contributed by atoms with E-state index in [0.717, 1.165) is 54.5 Å². The van der Waals surface area contributed by atoms with Crippen molar-refractivity contribution in [2.45, 2.75) is 71.0 Å². The van der Waals surface area contributed by atoms with Crippen LogP contribution in [-0.4, -0.2) is 26.0 Å². The second kappa shape index (κ2) is 10.2. The van der Waals surface area contributed by atoms with Gasteiger partial charge in [-0.3, -0.25) is 4.68 Å². The molecule has 0 unspecified atom stereocenters. The van der Waals surface area contributed by atoms with Crippen molar-refractivity contribution in [1.82, 2.24) is 19.9 Å². The van der Waals surface area contributed by atoms with Crippen molar-refractivity contribution in [2.75, 3.05) is 10.2 Å². The minimum Gasteiger partial charge on any atom is -0.366 e. The van der Waals surface area contributed by atoms with Crippen LogP contribution < -0.4 is 10.2 Å². The van der Waals surface area contributed by atoms with E-state index in [2.05, 4.69) is 15.6 Å². The van der Waals surface area contributed by atoms with Crippen LogP contribution in [-0.2, 0) is 32.5 Å². The molecular formula is C29H30F6N6O. The van der Waals surface area contributed by atoms with Crippen molar-refractivity contribution >= 4 is 22.7 Å². The number of nitrogens with zero attached hydrogens (tertiary/aromatic N) is 5. The fourth-order valence-electron chi connectivity index (χ4n) is 5.58. The normalized spacial score (nSPS) is 16.0. The van der Waals surface area contributed by atoms with Crippen LogP contribution in [0.25, 0.3) is 11.0 Å². The highest BCUT2D eigenvalue weighted by Gasteiger charge is 2.42. The summed E-state index contributed by atoms with van der Waals surface area (Å²) in [6, 6.07) is 5.42. The molecule has 2 aliphatic rings. The summed E-state index contributed by atoms with van der Waals surface area (Å²) >= 11 is 0. The number of nitrogens with one attached hydrogen (secondary N) is 1. The van der Waals surface area contributed by atoms with Gasteiger partial charge in [0.05, 0.1) is 16.8 Å². The van der Waals surface area contributed by atoms with Crippen LogP contribution >= 0.6 is 0 Å². The third-order valence-electron chi connectivity index (χ3n) is 7.96. The predicted octanol–water partition coefficient (Wildman–Crippen LogP) is 7.42. The summed E-state index contributed by atoms with van der Waals surface area (Å²) in [7, 11) is 1.81. The lowest BCUT2D eigenvalue weighted by molar-refractivity contribution is -0.143. The van der Waals surface area contributed by atoms with Crippen LogP contribution in [0.3, 0.4) is 0 Å². The average molecular weight is 593 g/mol. The second-order valence-electron chi connectivity index (χ2n) is 11.5. The Kier molecular flexibility index (Phi) is 6.88. The first kappa shape index (κ1) is 28.4. The second-order valence-corrected chi connectivity index (χ2v) is 11.5. The van der Waals surface area contributed by atoms with Gasteiger partial charge in [0.25, 0.3) is 0 Å². The highest BCUT2D eigenvalue weighted by molar-refractivity contribution is 5.81. The first-order valence-electron chi connectivity index (χ1n) is 13.8. The van der Waals surface area contributed by atoms with Gasteiger partial charge >= 0.3 is 12.4 Å². The summed E-state index contributed by atoms with van der Waals surface area (Å²) in [5, 5.41) is 13.0. The standard InChI is InChI=1S/C29H30F6N6O/c1-15-8-24(39-42-15)41(13-17-9-21(28(30,31)32)12-22(10-17)29(33,34)35)14-20-11-23-16(2)38-40(3)27(23)37-26(20)36-25(18-4-5-18)19-6-7-19/h8-12,18-19,25H,4-7,13-14H2,1-3H3,(H,36,37). The Bertz CT molecular complexity index is 1570. The molecule has 0 bridgehead atoms. The number of benzene rings is 1. The van der Waals surface area contributed by atoms with Crippen LogP contribution in [0.5, 0.6) is 0 Å². The molecule has 42 heavy (non-hydrogen) atoms. The quantitative estimate of drug-likeness (QED) is 0.204. The predicted molar refractivity (Wildman–Crippen MR) is 144 cm³/mol. The monoisotopic (exact) mass is 592 g/mol. The zero-order valence-corrected chi connectivity index (χ0v) is 23.3. The van der Waals surface area contributed by atoms with Gasteiger partial charge in [-0.25, -0.2) is 4.98 Å². The third kappa shape index (κ3) is 5.91. The van der Waals surface area contributed by atoms with Crippen molar-refractivity contribution in [3.63, 3.8) is 0 Å². The number of rotatable bonds is 9. The number of hydrogen-bond donors (Lipinski definition) is 1. The first-order valence-corrected chi connectivity index (χ1v) is 13.8. The highest BCUT2D eigenvalue weighted by Crippen LogP contribution is 2.46. The molecule has 0 atom stereocenters. The molecule has 2 saturated carbocycles. The van der Waals surface area contributed by atoms with Gasteiger partial charge in [0.15, 0.2) is 11.5 Å². The number of alkyl halides is 6. The lowest BCUT2D eigenvalue weighted by atomic mass is 10.0. The van der Waals surface area contributed by atoms with Crippen molar-refractivity contribution in [2.24, 2.45) is 18.9 Å². The first-order chi connectivity index (χ1) is 19.8. The number of aromatic nitrogens is 4. The Balaban J connectivity index is 1.42. The summed E-state index contributed by atoms with van der Waals surface area (Å²) in [5.41, 5.74) is -0.722. The molecule has 1 aromatic carbocycles. The molecule has 7 nitrogen and oxygen atoms in total. The molecular weight excluding hydrogens is 562 g/mol. The fraction of sp³-hybridized carbons (Fsp3) is 0.483. The smallest absolute Gasteiger partial charge is 0.366 e. The van der Waals surface area contributed by atoms with E-state index in [9.17, 15) is 26.3 Å². The highest BCUT2D eigenvalue weighted by atomic mass is 19.4. The van der Waals surface area contributed by atoms with Crippen LogP contribution in [0.15, 0.2) is 34.9 Å². The zero-order valence-electron chi connectivity index (χ0n) is 23.3. The molecule has 3 aromatic heterocycles. The van der Waals surface area contributed by atoms with E-state index in [1.54, 1.807) is 29.6 Å². The topological polar surface area (TPSA) is 72.0 Å². The molecule has 2 aliphatic carbocycles. The molecule has 0 spiro atoms. The molecule has 1 N–H and O–H groups in total. The largest absolute Gasteiger partial charge is 0.416 e. The van der Waals surface area contributed by atoms with Crippen LogP contribution in [0.2, 0.25) is 0 Å². The zero-order chi connectivity index (χ0) is 30.0. The summed E-state index contributed by atoms with van der Waals surface area (Å²) in [5.74, 6) is 2.47. The summed E-state index contributed by atoms with van der Waals surface area (Å²) in [6.45, 7) is 3.34. The molecule has 0 amide bonds. The Labute approximate surface area is 237 Å². The Morgan fingerprint density at radius 2 is 1.55 bits per heavy atom. The van der Waals surface area contributed by atoms with Crippen LogP contribution in [0.4, 0.5) is 38.0 Å². The van der Waals surface area contributed by atoms with Gasteiger partial charge in [0.1, 0.15) is 11.6 Å². The number of fused-ring (bicyclic) bond motifs is 1. The van der Waals surface area contributed by atoms with E-state index >= 15 is 0 Å². The SMILES string of the molecule is Cc1cc(N(Cc2cc(C(F)(F)F)cc(C(F)(F)F)c2)Cc2cc3c(C)nn(C)c3nc2NC(C2CC2)C2CC2)no1. The van der Waals surface area contributed by atoms with E-state index < -0.39 is 23.5 Å². The van der Waals surface area contributed by atoms with Gasteiger partial charge < -0.3 is 14.7 Å². The van der Waals surface area contributed by atoms with Gasteiger partial charge in [0, 0.05) is 43.2 Å². The Morgan fingerprint density at radius 3 is 2.07 bits per heavy atom. The maximum Gasteiger partial charge on any atom is 0.416 e. The van der Waals surface area contributed by atoms with Crippen molar-refractivity contribution in [1.29, 1.82) is 0 Å². The number of anilines is 2. The number of halogens is 6. The number of aryl methyl sites for hydroxylation is 3. The van der Waals surface area contributed by atoms with Gasteiger partial charge in [-0.2, -0.15) is 31.4 Å². The molecule has 0 aliphatic heterocycles. The van der Waals surface area contributed by atoms with E-state index in [4.69, 9.17) is 9.51 Å². The summed E-state index contributed by atoms with van der Waals surface area (Å²) in [4.78, 5) is 6.54. The fourth-order valence-corrected chi connectivity index (χ4v) is 5.58. The lowest BCUT2D eigenvalue weighted by Crippen LogP contribution is -2.28. The van der Waals surface area contributed by atoms with Crippen LogP contribution in [0.1, 0.15) is 59.4 Å². The summed E-state index contributed by atoms with van der Waals surface area (Å²) < 4.78 is 88.6. The van der Waals surface area contributed by atoms with E-state index in [1.807, 2.05) is 13.0 Å². The van der Waals surface area contributed by atoms with Crippen molar-refractivity contribution in [3.05, 3.63) is 64.0 Å². The van der Waals surface area contributed by atoms with Crippen LogP contribution in [0, 0.1) is 25.7 Å². The van der Waals surface area contributed by atoms with Crippen molar-refractivity contribution in [3.8, 4) is 0 Å². The lowest BCUT2D eigenvalue weighted by Gasteiger charge is -2.26. The van der Waals surface area contributed by atoms with Gasteiger partial charge in [0.2, 0.25) is 0 Å². The Morgan fingerprint density at radius 1 is 0.929 bits per heavy atom. The molecule has 0 radical (unpaired) electrons. The molecule has 2 fully saturated rings. The number of hydrogen-bond acceptors (Lipinski definition) is 6. The van der Waals surface area contributed by atoms with Crippen molar-refractivity contribution < 1.29 is 30.9 Å². The maximum absolute atomic E-state index is 13.6. The Hall–Kier alpha value is -3.77. The molecule has 6 rings (SSSR count). The van der Waals surface area contributed by atoms with Gasteiger partial charge in [-0.05, 0) is 81.2 Å². The minimum atomic E-state index is -4.95. The average Bonchev–Trinajstić information content (AvgIpc) is 3.84. The van der Waals surface area contributed by atoms with E-state index in [1.165, 1.54) is 0 Å². The van der Waals surface area contributed by atoms with Gasteiger partial charge in [-0.15, -0.1) is 0 Å². The number of pyridine rings is 1. The molecule has 224 valence electrons. The molecule has 13 heteroatoms. The molecule has 3 heterocycles. The summed E-state index contributed by atoms with van der Waals surface area (Å²) in [6.07, 6.45) is -5.35. The molecule has 4 aromatic rings. The maximum atomic E-state index is 13.6. The van der Waals surface area contributed by atoms with E-state index in [-0.39, 0.29) is 36.6 Å².